The van der Waals surface area contributed by atoms with E-state index in [0.717, 1.165) is 6.54 Å². The number of hydrogen-bond donors (Lipinski definition) is 1. The van der Waals surface area contributed by atoms with Crippen molar-refractivity contribution >= 4 is 5.97 Å². The van der Waals surface area contributed by atoms with Gasteiger partial charge in [0.15, 0.2) is 0 Å². The first-order chi connectivity index (χ1) is 7.95. The van der Waals surface area contributed by atoms with E-state index in [2.05, 4.69) is 17.1 Å². The SMILES string of the molecule is COC(=O)C(C)(C)CNC(C)CN1CCCC1. The summed E-state index contributed by atoms with van der Waals surface area (Å²) in [4.78, 5) is 14.0. The Morgan fingerprint density at radius 1 is 1.41 bits per heavy atom. The average Bonchev–Trinajstić information content (AvgIpc) is 2.78. The van der Waals surface area contributed by atoms with Crippen LogP contribution in [-0.2, 0) is 9.53 Å². The van der Waals surface area contributed by atoms with Gasteiger partial charge in [-0.1, -0.05) is 0 Å². The van der Waals surface area contributed by atoms with Crippen molar-refractivity contribution in [3.05, 3.63) is 0 Å². The molecule has 4 nitrogen and oxygen atoms in total. The number of methoxy groups -OCH3 is 1. The molecule has 1 saturated heterocycles. The van der Waals surface area contributed by atoms with Crippen molar-refractivity contribution in [1.29, 1.82) is 0 Å². The van der Waals surface area contributed by atoms with E-state index < -0.39 is 5.41 Å². The molecule has 1 fully saturated rings. The van der Waals surface area contributed by atoms with E-state index in [1.54, 1.807) is 0 Å². The molecule has 1 heterocycles. The lowest BCUT2D eigenvalue weighted by atomic mass is 9.93. The van der Waals surface area contributed by atoms with Crippen molar-refractivity contribution in [2.75, 3.05) is 33.3 Å². The van der Waals surface area contributed by atoms with Gasteiger partial charge >= 0.3 is 5.97 Å². The average molecular weight is 242 g/mol. The van der Waals surface area contributed by atoms with Gasteiger partial charge in [-0.25, -0.2) is 0 Å². The predicted octanol–water partition coefficient (Wildman–Crippen LogP) is 1.26. The van der Waals surface area contributed by atoms with Crippen LogP contribution in [0.4, 0.5) is 0 Å². The van der Waals surface area contributed by atoms with Crippen LogP contribution in [0.3, 0.4) is 0 Å². The van der Waals surface area contributed by atoms with Crippen LogP contribution in [-0.4, -0.2) is 50.2 Å². The van der Waals surface area contributed by atoms with Crippen LogP contribution in [0.2, 0.25) is 0 Å². The quantitative estimate of drug-likeness (QED) is 0.712. The Labute approximate surface area is 105 Å². The summed E-state index contributed by atoms with van der Waals surface area (Å²) in [7, 11) is 1.44. The molecule has 4 heteroatoms. The number of hydrogen-bond acceptors (Lipinski definition) is 4. The summed E-state index contributed by atoms with van der Waals surface area (Å²) in [5.41, 5.74) is -0.450. The van der Waals surface area contributed by atoms with Gasteiger partial charge in [0, 0.05) is 19.1 Å². The van der Waals surface area contributed by atoms with Crippen molar-refractivity contribution in [2.24, 2.45) is 5.41 Å². The summed E-state index contributed by atoms with van der Waals surface area (Å²) in [6.07, 6.45) is 2.64. The molecule has 1 aliphatic heterocycles. The smallest absolute Gasteiger partial charge is 0.312 e. The number of likely N-dealkylation sites (tertiary alicyclic amines) is 1. The first-order valence-electron chi connectivity index (χ1n) is 6.50. The summed E-state index contributed by atoms with van der Waals surface area (Å²) in [6, 6.07) is 0.414. The van der Waals surface area contributed by atoms with Crippen molar-refractivity contribution in [2.45, 2.75) is 39.7 Å². The van der Waals surface area contributed by atoms with Crippen LogP contribution < -0.4 is 5.32 Å². The van der Waals surface area contributed by atoms with E-state index in [4.69, 9.17) is 4.74 Å². The summed E-state index contributed by atoms with van der Waals surface area (Å²) in [5, 5.41) is 3.42. The molecule has 1 unspecified atom stereocenters. The highest BCUT2D eigenvalue weighted by atomic mass is 16.5. The fraction of sp³-hybridized carbons (Fsp3) is 0.923. The molecule has 0 aromatic heterocycles. The lowest BCUT2D eigenvalue weighted by Gasteiger charge is -2.26. The molecule has 0 aromatic carbocycles. The Bertz CT molecular complexity index is 248. The molecule has 1 aliphatic rings. The minimum absolute atomic E-state index is 0.154. The second-order valence-corrected chi connectivity index (χ2v) is 5.67. The predicted molar refractivity (Wildman–Crippen MR) is 68.9 cm³/mol. The molecule has 0 amide bonds. The van der Waals surface area contributed by atoms with Crippen molar-refractivity contribution < 1.29 is 9.53 Å². The van der Waals surface area contributed by atoms with Gasteiger partial charge in [0.1, 0.15) is 0 Å². The van der Waals surface area contributed by atoms with Crippen LogP contribution in [0.15, 0.2) is 0 Å². The second kappa shape index (κ2) is 6.36. The Balaban J connectivity index is 2.26. The second-order valence-electron chi connectivity index (χ2n) is 5.67. The molecular weight excluding hydrogens is 216 g/mol. The lowest BCUT2D eigenvalue weighted by Crippen LogP contribution is -2.44. The highest BCUT2D eigenvalue weighted by molar-refractivity contribution is 5.76. The van der Waals surface area contributed by atoms with E-state index in [-0.39, 0.29) is 5.97 Å². The molecule has 0 spiro atoms. The summed E-state index contributed by atoms with van der Waals surface area (Å²) in [5.74, 6) is -0.154. The van der Waals surface area contributed by atoms with Crippen LogP contribution in [0.1, 0.15) is 33.6 Å². The van der Waals surface area contributed by atoms with Gasteiger partial charge in [-0.3, -0.25) is 4.79 Å². The van der Waals surface area contributed by atoms with Crippen molar-refractivity contribution in [3.63, 3.8) is 0 Å². The van der Waals surface area contributed by atoms with Crippen LogP contribution >= 0.6 is 0 Å². The van der Waals surface area contributed by atoms with Gasteiger partial charge in [-0.15, -0.1) is 0 Å². The van der Waals surface area contributed by atoms with Crippen molar-refractivity contribution in [3.8, 4) is 0 Å². The fourth-order valence-electron chi connectivity index (χ4n) is 2.19. The van der Waals surface area contributed by atoms with Crippen molar-refractivity contribution in [1.82, 2.24) is 10.2 Å². The van der Waals surface area contributed by atoms with Gasteiger partial charge < -0.3 is 15.0 Å². The Morgan fingerprint density at radius 3 is 2.53 bits per heavy atom. The summed E-state index contributed by atoms with van der Waals surface area (Å²) in [6.45, 7) is 10.2. The maximum atomic E-state index is 11.5. The van der Waals surface area contributed by atoms with E-state index >= 15 is 0 Å². The number of nitrogens with one attached hydrogen (secondary N) is 1. The zero-order chi connectivity index (χ0) is 12.9. The number of nitrogens with zero attached hydrogens (tertiary/aromatic N) is 1. The maximum Gasteiger partial charge on any atom is 0.312 e. The molecular formula is C13H26N2O2. The minimum atomic E-state index is -0.450. The largest absolute Gasteiger partial charge is 0.469 e. The first-order valence-corrected chi connectivity index (χ1v) is 6.50. The highest BCUT2D eigenvalue weighted by Gasteiger charge is 2.29. The fourth-order valence-corrected chi connectivity index (χ4v) is 2.19. The molecule has 0 aromatic rings. The zero-order valence-corrected chi connectivity index (χ0v) is 11.6. The number of carbonyl (C=O) groups excluding carboxylic acids is 1. The molecule has 1 rings (SSSR count). The topological polar surface area (TPSA) is 41.6 Å². The Kier molecular flexibility index (Phi) is 5.40. The van der Waals surface area contributed by atoms with Crippen LogP contribution in [0.25, 0.3) is 0 Å². The molecule has 0 bridgehead atoms. The normalized spacial score (nSPS) is 19.3. The third kappa shape index (κ3) is 4.64. The zero-order valence-electron chi connectivity index (χ0n) is 11.6. The molecule has 0 aliphatic carbocycles. The molecule has 100 valence electrons. The number of ether oxygens (including phenoxy) is 1. The van der Waals surface area contributed by atoms with Gasteiger partial charge in [-0.2, -0.15) is 0 Å². The number of carbonyl (C=O) groups is 1. The number of rotatable bonds is 6. The van der Waals surface area contributed by atoms with E-state index in [9.17, 15) is 4.79 Å². The standard InChI is InChI=1S/C13H26N2O2/c1-11(9-15-7-5-6-8-15)14-10-13(2,3)12(16)17-4/h11,14H,5-10H2,1-4H3. The Morgan fingerprint density at radius 2 is 2.00 bits per heavy atom. The van der Waals surface area contributed by atoms with Crippen LogP contribution in [0, 0.1) is 5.41 Å². The summed E-state index contributed by atoms with van der Waals surface area (Å²) >= 11 is 0. The van der Waals surface area contributed by atoms with Gasteiger partial charge in [-0.05, 0) is 46.7 Å². The number of esters is 1. The maximum absolute atomic E-state index is 11.5. The Hall–Kier alpha value is -0.610. The van der Waals surface area contributed by atoms with E-state index in [1.807, 2.05) is 13.8 Å². The van der Waals surface area contributed by atoms with Gasteiger partial charge in [0.05, 0.1) is 12.5 Å². The highest BCUT2D eigenvalue weighted by Crippen LogP contribution is 2.16. The monoisotopic (exact) mass is 242 g/mol. The van der Waals surface area contributed by atoms with E-state index in [1.165, 1.54) is 33.0 Å². The van der Waals surface area contributed by atoms with Gasteiger partial charge in [0.25, 0.3) is 0 Å². The van der Waals surface area contributed by atoms with E-state index in [0.29, 0.717) is 12.6 Å². The third-order valence-electron chi connectivity index (χ3n) is 3.36. The first kappa shape index (κ1) is 14.5. The van der Waals surface area contributed by atoms with Gasteiger partial charge in [0.2, 0.25) is 0 Å². The van der Waals surface area contributed by atoms with Crippen LogP contribution in [0.5, 0.6) is 0 Å². The molecule has 1 N–H and O–H groups in total. The third-order valence-corrected chi connectivity index (χ3v) is 3.36. The summed E-state index contributed by atoms with van der Waals surface area (Å²) < 4.78 is 4.79. The lowest BCUT2D eigenvalue weighted by molar-refractivity contribution is -0.150. The molecule has 1 atom stereocenters. The molecule has 0 saturated carbocycles. The molecule has 17 heavy (non-hydrogen) atoms. The minimum Gasteiger partial charge on any atom is -0.469 e. The molecule has 0 radical (unpaired) electrons.